The zero-order valence-corrected chi connectivity index (χ0v) is 43.0. The van der Waals surface area contributed by atoms with Crippen molar-refractivity contribution in [2.24, 2.45) is 11.8 Å². The summed E-state index contributed by atoms with van der Waals surface area (Å²) in [6.45, 7) is 12.6. The minimum Gasteiger partial charge on any atom is -0.474 e. The molecular weight excluding hydrogens is 974 g/mol. The van der Waals surface area contributed by atoms with Crippen molar-refractivity contribution in [3.8, 4) is 17.4 Å². The summed E-state index contributed by atoms with van der Waals surface area (Å²) < 4.78 is 26.8. The van der Waals surface area contributed by atoms with Crippen molar-refractivity contribution in [2.45, 2.75) is 96.8 Å². The maximum Gasteiger partial charge on any atom is 0.333 e. The van der Waals surface area contributed by atoms with E-state index in [2.05, 4.69) is 25.1 Å². The van der Waals surface area contributed by atoms with Crippen molar-refractivity contribution in [2.75, 3.05) is 64.3 Å². The summed E-state index contributed by atoms with van der Waals surface area (Å²) in [6, 6.07) is 17.4. The Morgan fingerprint density at radius 3 is 1.74 bits per heavy atom. The van der Waals surface area contributed by atoms with Crippen molar-refractivity contribution in [3.63, 3.8) is 0 Å². The van der Waals surface area contributed by atoms with Crippen molar-refractivity contribution >= 4 is 58.1 Å². The summed E-state index contributed by atoms with van der Waals surface area (Å²) in [5, 5.41) is 4.68. The van der Waals surface area contributed by atoms with Crippen molar-refractivity contribution in [1.82, 2.24) is 33.8 Å². The number of piperidine rings is 2. The van der Waals surface area contributed by atoms with E-state index in [0.717, 1.165) is 74.8 Å². The third-order valence-corrected chi connectivity index (χ3v) is 14.0. The second kappa shape index (κ2) is 25.3. The van der Waals surface area contributed by atoms with Crippen LogP contribution in [0.2, 0.25) is 20.1 Å². The van der Waals surface area contributed by atoms with Gasteiger partial charge in [0.15, 0.2) is 6.29 Å². The number of hydrogen-bond donors (Lipinski definition) is 1. The summed E-state index contributed by atoms with van der Waals surface area (Å²) >= 11 is 24.5. The number of nitrogens with one attached hydrogen (secondary N) is 1. The zero-order valence-electron chi connectivity index (χ0n) is 40.0. The lowest BCUT2D eigenvalue weighted by Gasteiger charge is -2.31. The molecule has 3 aromatic heterocycles. The number of carbonyl (C=O) groups excluding carboxylic acids is 1. The second-order valence-electron chi connectivity index (χ2n) is 18.6. The number of nitrogens with zero attached hydrogens (tertiary/aromatic N) is 7. The van der Waals surface area contributed by atoms with Crippen molar-refractivity contribution in [1.29, 1.82) is 0 Å². The van der Waals surface area contributed by atoms with E-state index in [4.69, 9.17) is 65.4 Å². The van der Waals surface area contributed by atoms with Gasteiger partial charge in [0, 0.05) is 106 Å². The van der Waals surface area contributed by atoms with E-state index in [1.165, 1.54) is 43.3 Å². The molecule has 2 saturated heterocycles. The zero-order chi connectivity index (χ0) is 49.0. The van der Waals surface area contributed by atoms with Gasteiger partial charge in [-0.05, 0) is 125 Å². The lowest BCUT2D eigenvalue weighted by molar-refractivity contribution is -0.143. The molecular formula is C52H64Cl4N8O6. The maximum absolute atomic E-state index is 13.3. The molecule has 4 fully saturated rings. The summed E-state index contributed by atoms with van der Waals surface area (Å²) in [6.07, 6.45) is 16.6. The highest BCUT2D eigenvalue weighted by molar-refractivity contribution is 6.37. The number of rotatable bonds is 20. The van der Waals surface area contributed by atoms with Gasteiger partial charge in [0.25, 0.3) is 0 Å². The number of amides is 2. The molecule has 2 aliphatic carbocycles. The lowest BCUT2D eigenvalue weighted by Crippen LogP contribution is -2.41. The number of carbonyl (C=O) groups is 1. The SMILES string of the molecule is CCOC(CN(Cc1ccc(OC2CCN(CC3CC3)CC2)nc1)C(=O)Nc1ccc(Cl)cc1Cl)OCC.O=c1n(Cc2ccc(OC3CCN(CC4CC4)CC3)nc2)ccn1-c1ccc(Cl)cc1Cl. The van der Waals surface area contributed by atoms with E-state index in [9.17, 15) is 9.59 Å². The number of pyridine rings is 2. The Labute approximate surface area is 431 Å². The normalized spacial score (nSPS) is 17.0. The van der Waals surface area contributed by atoms with Crippen LogP contribution in [0.5, 0.6) is 11.8 Å². The molecule has 18 heteroatoms. The van der Waals surface area contributed by atoms with Gasteiger partial charge in [-0.15, -0.1) is 0 Å². The Kier molecular flexibility index (Phi) is 18.8. The number of hydrogen-bond acceptors (Lipinski definition) is 10. The molecule has 14 nitrogen and oxygen atoms in total. The van der Waals surface area contributed by atoms with Crippen LogP contribution in [0.3, 0.4) is 0 Å². The van der Waals surface area contributed by atoms with Gasteiger partial charge < -0.3 is 39.0 Å². The van der Waals surface area contributed by atoms with E-state index in [1.54, 1.807) is 70.7 Å². The number of urea groups is 1. The summed E-state index contributed by atoms with van der Waals surface area (Å²) in [5.74, 6) is 3.12. The summed E-state index contributed by atoms with van der Waals surface area (Å²) in [7, 11) is 0. The standard InChI is InChI=1S/C28H38Cl2N4O4.C24H26Cl2N4O2/c1-3-36-27(37-4-2)19-34(28(35)32-25-9-8-22(29)15-24(25)30)18-21-7-10-26(31-16-21)38-23-11-13-33(14-12-23)17-20-5-6-20;25-19-4-5-22(21(26)13-19)30-12-11-29(24(30)31)16-18-3-6-23(27-14-18)32-20-7-9-28(10-8-20)15-17-1-2-17/h7-10,15-16,20,23,27H,3-6,11-14,17-19H2,1-2H3,(H,32,35);3-6,11-14,17,20H,1-2,7-10,15-16H2. The Morgan fingerprint density at radius 2 is 1.24 bits per heavy atom. The fraction of sp³-hybridized carbons (Fsp3) is 0.500. The van der Waals surface area contributed by atoms with Crippen molar-refractivity contribution in [3.05, 3.63) is 127 Å². The summed E-state index contributed by atoms with van der Waals surface area (Å²) in [5.41, 5.74) is 2.69. The molecule has 0 bridgehead atoms. The molecule has 70 heavy (non-hydrogen) atoms. The third kappa shape index (κ3) is 15.6. The van der Waals surface area contributed by atoms with Gasteiger partial charge in [-0.25, -0.2) is 19.6 Å². The Hall–Kier alpha value is -4.38. The molecule has 5 heterocycles. The number of imidazole rings is 1. The quantitative estimate of drug-likeness (QED) is 0.0753. The predicted molar refractivity (Wildman–Crippen MR) is 276 cm³/mol. The molecule has 0 atom stereocenters. The monoisotopic (exact) mass is 1040 g/mol. The predicted octanol–water partition coefficient (Wildman–Crippen LogP) is 10.7. The number of aromatic nitrogens is 4. The average molecular weight is 1040 g/mol. The number of anilines is 1. The molecule has 2 aromatic carbocycles. The fourth-order valence-corrected chi connectivity index (χ4v) is 9.72. The minimum atomic E-state index is -0.558. The molecule has 4 aliphatic rings. The van der Waals surface area contributed by atoms with E-state index < -0.39 is 6.29 Å². The van der Waals surface area contributed by atoms with Crippen LogP contribution in [0.4, 0.5) is 10.5 Å². The molecule has 0 radical (unpaired) electrons. The van der Waals surface area contributed by atoms with E-state index in [0.29, 0.717) is 69.5 Å². The molecule has 1 N–H and O–H groups in total. The van der Waals surface area contributed by atoms with Crippen molar-refractivity contribution < 1.29 is 23.7 Å². The molecule has 5 aromatic rings. The number of halogens is 4. The smallest absolute Gasteiger partial charge is 0.333 e. The Balaban J connectivity index is 0.000000191. The van der Waals surface area contributed by atoms with E-state index in [-0.39, 0.29) is 30.5 Å². The topological polar surface area (TPSA) is 128 Å². The molecule has 0 spiro atoms. The first-order valence-electron chi connectivity index (χ1n) is 24.6. The Bertz CT molecular complexity index is 2500. The Morgan fingerprint density at radius 1 is 0.700 bits per heavy atom. The van der Waals surface area contributed by atoms with Crippen LogP contribution in [-0.2, 0) is 22.6 Å². The van der Waals surface area contributed by atoms with Crippen LogP contribution >= 0.6 is 46.4 Å². The van der Waals surface area contributed by atoms with E-state index in [1.807, 2.05) is 38.1 Å². The largest absolute Gasteiger partial charge is 0.474 e. The van der Waals surface area contributed by atoms with Gasteiger partial charge in [0.2, 0.25) is 11.8 Å². The van der Waals surface area contributed by atoms with Gasteiger partial charge in [-0.2, -0.15) is 0 Å². The van der Waals surface area contributed by atoms with Gasteiger partial charge in [-0.3, -0.25) is 9.13 Å². The highest BCUT2D eigenvalue weighted by Crippen LogP contribution is 2.32. The first kappa shape index (κ1) is 52.0. The molecule has 9 rings (SSSR count). The number of ether oxygens (including phenoxy) is 4. The third-order valence-electron chi connectivity index (χ3n) is 12.9. The number of benzene rings is 2. The minimum absolute atomic E-state index is 0.174. The molecule has 2 aliphatic heterocycles. The van der Waals surface area contributed by atoms with Gasteiger partial charge in [0.05, 0.1) is 34.5 Å². The van der Waals surface area contributed by atoms with Gasteiger partial charge in [-0.1, -0.05) is 58.5 Å². The molecule has 2 amide bonds. The van der Waals surface area contributed by atoms with Crippen LogP contribution in [0.25, 0.3) is 5.69 Å². The lowest BCUT2D eigenvalue weighted by atomic mass is 10.1. The van der Waals surface area contributed by atoms with Gasteiger partial charge in [0.1, 0.15) is 12.2 Å². The maximum atomic E-state index is 13.3. The van der Waals surface area contributed by atoms with Crippen LogP contribution in [0.15, 0.2) is 90.2 Å². The second-order valence-corrected chi connectivity index (χ2v) is 20.3. The first-order chi connectivity index (χ1) is 34.0. The fourth-order valence-electron chi connectivity index (χ4n) is 8.76. The molecule has 376 valence electrons. The summed E-state index contributed by atoms with van der Waals surface area (Å²) in [4.78, 5) is 41.9. The molecule has 2 saturated carbocycles. The highest BCUT2D eigenvalue weighted by Gasteiger charge is 2.29. The number of likely N-dealkylation sites (tertiary alicyclic amines) is 2. The van der Waals surface area contributed by atoms with Crippen LogP contribution in [0, 0.1) is 11.8 Å². The van der Waals surface area contributed by atoms with Crippen LogP contribution < -0.4 is 20.5 Å². The highest BCUT2D eigenvalue weighted by atomic mass is 35.5. The van der Waals surface area contributed by atoms with E-state index >= 15 is 0 Å². The van der Waals surface area contributed by atoms with Crippen LogP contribution in [-0.4, -0.2) is 117 Å². The van der Waals surface area contributed by atoms with Crippen LogP contribution in [0.1, 0.15) is 76.3 Å². The molecule has 0 unspecified atom stereocenters. The first-order valence-corrected chi connectivity index (χ1v) is 26.1. The average Bonchev–Trinajstić information content (AvgIpc) is 4.30. The van der Waals surface area contributed by atoms with Gasteiger partial charge >= 0.3 is 11.7 Å².